The number of hydrogen-bond acceptors (Lipinski definition) is 3. The second-order valence-corrected chi connectivity index (χ2v) is 6.33. The average molecular weight is 273 g/mol. The van der Waals surface area contributed by atoms with Gasteiger partial charge in [0, 0.05) is 0 Å². The van der Waals surface area contributed by atoms with Crippen molar-refractivity contribution in [2.24, 2.45) is 0 Å². The SMILES string of the molecule is CC(C)c1cc2onc(C(C)C)c2c2c1CCCCO2. The molecule has 1 aliphatic rings. The Balaban J connectivity index is 2.32. The van der Waals surface area contributed by atoms with Crippen molar-refractivity contribution in [2.75, 3.05) is 6.61 Å². The number of rotatable bonds is 2. The lowest BCUT2D eigenvalue weighted by atomic mass is 9.91. The van der Waals surface area contributed by atoms with Crippen molar-refractivity contribution in [1.82, 2.24) is 5.16 Å². The van der Waals surface area contributed by atoms with Gasteiger partial charge in [0.15, 0.2) is 5.58 Å². The molecule has 3 nitrogen and oxygen atoms in total. The predicted octanol–water partition coefficient (Wildman–Crippen LogP) is 4.79. The van der Waals surface area contributed by atoms with Crippen molar-refractivity contribution in [2.45, 2.75) is 58.8 Å². The van der Waals surface area contributed by atoms with Crippen molar-refractivity contribution >= 4 is 11.0 Å². The van der Waals surface area contributed by atoms with Gasteiger partial charge in [0.2, 0.25) is 0 Å². The molecule has 0 fully saturated rings. The topological polar surface area (TPSA) is 35.3 Å². The van der Waals surface area contributed by atoms with Crippen LogP contribution in [0.2, 0.25) is 0 Å². The van der Waals surface area contributed by atoms with Crippen molar-refractivity contribution in [3.63, 3.8) is 0 Å². The molecule has 0 atom stereocenters. The molecule has 1 aliphatic heterocycles. The second-order valence-electron chi connectivity index (χ2n) is 6.33. The van der Waals surface area contributed by atoms with Crippen LogP contribution in [0.25, 0.3) is 11.0 Å². The molecule has 0 amide bonds. The highest BCUT2D eigenvalue weighted by molar-refractivity contribution is 5.89. The van der Waals surface area contributed by atoms with Crippen molar-refractivity contribution < 1.29 is 9.26 Å². The first-order valence-electron chi connectivity index (χ1n) is 7.67. The number of aromatic nitrogens is 1. The summed E-state index contributed by atoms with van der Waals surface area (Å²) in [4.78, 5) is 0. The Morgan fingerprint density at radius 3 is 2.60 bits per heavy atom. The molecule has 3 rings (SSSR count). The molecule has 2 aromatic rings. The Labute approximate surface area is 120 Å². The third kappa shape index (κ3) is 2.09. The van der Waals surface area contributed by atoms with Gasteiger partial charge in [0.1, 0.15) is 5.75 Å². The molecule has 0 unspecified atom stereocenters. The number of fused-ring (bicyclic) bond motifs is 3. The predicted molar refractivity (Wildman–Crippen MR) is 80.6 cm³/mol. The minimum Gasteiger partial charge on any atom is -0.492 e. The lowest BCUT2D eigenvalue weighted by Gasteiger charge is -2.16. The first kappa shape index (κ1) is 13.5. The van der Waals surface area contributed by atoms with Gasteiger partial charge in [-0.1, -0.05) is 32.9 Å². The van der Waals surface area contributed by atoms with E-state index in [1.165, 1.54) is 17.5 Å². The standard InChI is InChI=1S/C17H23NO2/c1-10(2)13-9-14-15(16(11(3)4)18-20-14)17-12(13)7-5-6-8-19-17/h9-11H,5-8H2,1-4H3. The molecule has 108 valence electrons. The van der Waals surface area contributed by atoms with Crippen LogP contribution in [0.15, 0.2) is 10.6 Å². The summed E-state index contributed by atoms with van der Waals surface area (Å²) in [5.41, 5.74) is 4.61. The van der Waals surface area contributed by atoms with E-state index in [0.717, 1.165) is 41.9 Å². The third-order valence-corrected chi connectivity index (χ3v) is 4.12. The van der Waals surface area contributed by atoms with Gasteiger partial charge in [0.25, 0.3) is 0 Å². The van der Waals surface area contributed by atoms with Crippen LogP contribution in [0, 0.1) is 0 Å². The van der Waals surface area contributed by atoms with E-state index in [1.54, 1.807) is 0 Å². The molecule has 20 heavy (non-hydrogen) atoms. The Bertz CT molecular complexity index is 625. The summed E-state index contributed by atoms with van der Waals surface area (Å²) < 4.78 is 11.7. The van der Waals surface area contributed by atoms with E-state index < -0.39 is 0 Å². The number of hydrogen-bond donors (Lipinski definition) is 0. The van der Waals surface area contributed by atoms with Crippen molar-refractivity contribution in [1.29, 1.82) is 0 Å². The van der Waals surface area contributed by atoms with Crippen LogP contribution in [0.4, 0.5) is 0 Å². The molecule has 1 aromatic carbocycles. The lowest BCUT2D eigenvalue weighted by Crippen LogP contribution is -2.01. The van der Waals surface area contributed by atoms with E-state index in [2.05, 4.69) is 38.9 Å². The van der Waals surface area contributed by atoms with Gasteiger partial charge in [-0.2, -0.15) is 0 Å². The van der Waals surface area contributed by atoms with E-state index in [-0.39, 0.29) is 0 Å². The van der Waals surface area contributed by atoms with Crippen LogP contribution in [0.1, 0.15) is 69.2 Å². The van der Waals surface area contributed by atoms with Crippen LogP contribution in [0.5, 0.6) is 5.75 Å². The highest BCUT2D eigenvalue weighted by Gasteiger charge is 2.24. The summed E-state index contributed by atoms with van der Waals surface area (Å²) in [6.07, 6.45) is 3.41. The summed E-state index contributed by atoms with van der Waals surface area (Å²) in [5, 5.41) is 5.38. The molecule has 0 N–H and O–H groups in total. The largest absolute Gasteiger partial charge is 0.492 e. The summed E-state index contributed by atoms with van der Waals surface area (Å²) in [7, 11) is 0. The molecule has 0 spiro atoms. The zero-order valence-corrected chi connectivity index (χ0v) is 12.8. The fourth-order valence-corrected chi connectivity index (χ4v) is 3.06. The molecule has 0 bridgehead atoms. The first-order valence-corrected chi connectivity index (χ1v) is 7.67. The lowest BCUT2D eigenvalue weighted by molar-refractivity contribution is 0.320. The van der Waals surface area contributed by atoms with E-state index >= 15 is 0 Å². The third-order valence-electron chi connectivity index (χ3n) is 4.12. The normalized spacial score (nSPS) is 15.5. The van der Waals surface area contributed by atoms with E-state index in [4.69, 9.17) is 9.26 Å². The van der Waals surface area contributed by atoms with Crippen molar-refractivity contribution in [3.8, 4) is 5.75 Å². The summed E-state index contributed by atoms with van der Waals surface area (Å²) in [5.74, 6) is 1.85. The maximum atomic E-state index is 6.10. The van der Waals surface area contributed by atoms with E-state index in [0.29, 0.717) is 11.8 Å². The molecule has 2 heterocycles. The zero-order chi connectivity index (χ0) is 14.3. The zero-order valence-electron chi connectivity index (χ0n) is 12.8. The fraction of sp³-hybridized carbons (Fsp3) is 0.588. The molecular formula is C17H23NO2. The molecule has 3 heteroatoms. The van der Waals surface area contributed by atoms with Crippen LogP contribution < -0.4 is 4.74 Å². The molecule has 0 saturated carbocycles. The maximum Gasteiger partial charge on any atom is 0.171 e. The van der Waals surface area contributed by atoms with Gasteiger partial charge < -0.3 is 9.26 Å². The Morgan fingerprint density at radius 2 is 1.90 bits per heavy atom. The molecule has 0 aliphatic carbocycles. The van der Waals surface area contributed by atoms with Crippen LogP contribution in [-0.2, 0) is 6.42 Å². The number of benzene rings is 1. The highest BCUT2D eigenvalue weighted by Crippen LogP contribution is 2.41. The minimum atomic E-state index is 0.345. The second kappa shape index (κ2) is 5.12. The molecule has 1 aromatic heterocycles. The number of nitrogens with zero attached hydrogens (tertiary/aromatic N) is 1. The van der Waals surface area contributed by atoms with Crippen LogP contribution in [-0.4, -0.2) is 11.8 Å². The first-order chi connectivity index (χ1) is 9.59. The number of ether oxygens (including phenoxy) is 1. The average Bonchev–Trinajstić information content (AvgIpc) is 2.68. The Kier molecular flexibility index (Phi) is 3.45. The molecule has 0 radical (unpaired) electrons. The minimum absolute atomic E-state index is 0.345. The van der Waals surface area contributed by atoms with Crippen molar-refractivity contribution in [3.05, 3.63) is 22.9 Å². The van der Waals surface area contributed by atoms with Gasteiger partial charge in [-0.15, -0.1) is 0 Å². The van der Waals surface area contributed by atoms with Crippen LogP contribution >= 0.6 is 0 Å². The fourth-order valence-electron chi connectivity index (χ4n) is 3.06. The van der Waals surface area contributed by atoms with E-state index in [1.807, 2.05) is 0 Å². The monoisotopic (exact) mass is 273 g/mol. The highest BCUT2D eigenvalue weighted by atomic mass is 16.5. The maximum absolute atomic E-state index is 6.10. The Hall–Kier alpha value is -1.51. The summed E-state index contributed by atoms with van der Waals surface area (Å²) in [6.45, 7) is 9.55. The van der Waals surface area contributed by atoms with Crippen LogP contribution in [0.3, 0.4) is 0 Å². The Morgan fingerprint density at radius 1 is 1.10 bits per heavy atom. The van der Waals surface area contributed by atoms with Gasteiger partial charge in [-0.05, 0) is 48.3 Å². The molecule has 0 saturated heterocycles. The summed E-state index contributed by atoms with van der Waals surface area (Å²) >= 11 is 0. The summed E-state index contributed by atoms with van der Waals surface area (Å²) in [6, 6.07) is 2.17. The van der Waals surface area contributed by atoms with Gasteiger partial charge in [0.05, 0.1) is 17.7 Å². The van der Waals surface area contributed by atoms with Gasteiger partial charge in [-0.3, -0.25) is 0 Å². The smallest absolute Gasteiger partial charge is 0.171 e. The van der Waals surface area contributed by atoms with E-state index in [9.17, 15) is 0 Å². The van der Waals surface area contributed by atoms with Gasteiger partial charge in [-0.25, -0.2) is 0 Å². The molecular weight excluding hydrogens is 250 g/mol. The quantitative estimate of drug-likeness (QED) is 0.789. The van der Waals surface area contributed by atoms with Gasteiger partial charge >= 0.3 is 0 Å².